The van der Waals surface area contributed by atoms with Crippen LogP contribution in [0.4, 0.5) is 0 Å². The predicted molar refractivity (Wildman–Crippen MR) is 112 cm³/mol. The minimum atomic E-state index is -0.167. The molecule has 3 aromatic rings. The minimum absolute atomic E-state index is 0.0117. The number of nitrogens with one attached hydrogen (secondary N) is 1. The third-order valence-corrected chi connectivity index (χ3v) is 6.12. The molecule has 1 saturated heterocycles. The zero-order valence-electron chi connectivity index (χ0n) is 17.1. The van der Waals surface area contributed by atoms with Crippen LogP contribution in [0.5, 0.6) is 0 Å². The Bertz CT molecular complexity index is 1130. The number of rotatable bonds is 4. The van der Waals surface area contributed by atoms with E-state index in [1.165, 1.54) is 0 Å². The van der Waals surface area contributed by atoms with Gasteiger partial charge in [0.05, 0.1) is 16.6 Å². The molecule has 1 aliphatic carbocycles. The predicted octanol–water partition coefficient (Wildman–Crippen LogP) is 3.40. The normalized spacial score (nSPS) is 18.7. The summed E-state index contributed by atoms with van der Waals surface area (Å²) in [4.78, 5) is 32.0. The minimum Gasteiger partial charge on any atom is -0.355 e. The lowest BCUT2D eigenvalue weighted by Crippen LogP contribution is -2.28. The fraction of sp³-hybridized carbons (Fsp3) is 0.391. The van der Waals surface area contributed by atoms with E-state index in [0.717, 1.165) is 36.2 Å². The van der Waals surface area contributed by atoms with Crippen LogP contribution in [0.15, 0.2) is 34.9 Å². The SMILES string of the molecule is CNC(=O)c1cc(C2CC2)nc2onc(C3CCN(C(=O)c4ccc(C)cc4)C3)c12. The van der Waals surface area contributed by atoms with Crippen LogP contribution in [-0.4, -0.2) is 47.0 Å². The molecule has 154 valence electrons. The fourth-order valence-electron chi connectivity index (χ4n) is 4.22. The topological polar surface area (TPSA) is 88.3 Å². The van der Waals surface area contributed by atoms with Gasteiger partial charge in [-0.2, -0.15) is 0 Å². The highest BCUT2D eigenvalue weighted by atomic mass is 16.5. The molecule has 1 atom stereocenters. The molecule has 30 heavy (non-hydrogen) atoms. The third-order valence-electron chi connectivity index (χ3n) is 6.12. The summed E-state index contributed by atoms with van der Waals surface area (Å²) in [5.41, 5.74) is 4.40. The van der Waals surface area contributed by atoms with E-state index >= 15 is 0 Å². The first kappa shape index (κ1) is 18.8. The molecule has 1 aromatic carbocycles. The van der Waals surface area contributed by atoms with Crippen LogP contribution >= 0.6 is 0 Å². The van der Waals surface area contributed by atoms with Gasteiger partial charge >= 0.3 is 0 Å². The van der Waals surface area contributed by atoms with Crippen molar-refractivity contribution in [2.75, 3.05) is 20.1 Å². The highest BCUT2D eigenvalue weighted by molar-refractivity contribution is 6.06. The van der Waals surface area contributed by atoms with E-state index < -0.39 is 0 Å². The molecule has 5 rings (SSSR count). The lowest BCUT2D eigenvalue weighted by atomic mass is 9.98. The van der Waals surface area contributed by atoms with E-state index in [9.17, 15) is 9.59 Å². The number of hydrogen-bond acceptors (Lipinski definition) is 5. The Morgan fingerprint density at radius 3 is 2.60 bits per heavy atom. The Balaban J connectivity index is 1.46. The number of fused-ring (bicyclic) bond motifs is 1. The van der Waals surface area contributed by atoms with Crippen LogP contribution in [0.2, 0.25) is 0 Å². The highest BCUT2D eigenvalue weighted by Crippen LogP contribution is 2.41. The van der Waals surface area contributed by atoms with Gasteiger partial charge in [0.15, 0.2) is 0 Å². The molecule has 1 aliphatic heterocycles. The summed E-state index contributed by atoms with van der Waals surface area (Å²) in [6, 6.07) is 9.51. The van der Waals surface area contributed by atoms with Crippen molar-refractivity contribution >= 4 is 22.9 Å². The highest BCUT2D eigenvalue weighted by Gasteiger charge is 2.34. The summed E-state index contributed by atoms with van der Waals surface area (Å²) in [6.45, 7) is 3.20. The zero-order valence-corrected chi connectivity index (χ0v) is 17.1. The van der Waals surface area contributed by atoms with Crippen molar-refractivity contribution < 1.29 is 14.1 Å². The number of carbonyl (C=O) groups is 2. The second kappa shape index (κ2) is 7.23. The maximum Gasteiger partial charge on any atom is 0.259 e. The number of aryl methyl sites for hydroxylation is 1. The van der Waals surface area contributed by atoms with Crippen LogP contribution in [-0.2, 0) is 0 Å². The number of nitrogens with zero attached hydrogens (tertiary/aromatic N) is 3. The fourth-order valence-corrected chi connectivity index (χ4v) is 4.22. The van der Waals surface area contributed by atoms with Gasteiger partial charge in [0.2, 0.25) is 0 Å². The van der Waals surface area contributed by atoms with E-state index in [4.69, 9.17) is 4.52 Å². The van der Waals surface area contributed by atoms with E-state index in [2.05, 4.69) is 15.5 Å². The zero-order chi connectivity index (χ0) is 20.8. The van der Waals surface area contributed by atoms with Crippen LogP contribution in [0.1, 0.15) is 68.8 Å². The average molecular weight is 404 g/mol. The second-order valence-electron chi connectivity index (χ2n) is 8.30. The molecule has 2 aliphatic rings. The maximum atomic E-state index is 12.9. The first-order valence-electron chi connectivity index (χ1n) is 10.4. The van der Waals surface area contributed by atoms with E-state index in [-0.39, 0.29) is 17.7 Å². The Hall–Kier alpha value is -3.22. The van der Waals surface area contributed by atoms with Gasteiger partial charge in [0.1, 0.15) is 0 Å². The average Bonchev–Trinajstić information content (AvgIpc) is 3.35. The number of carbonyl (C=O) groups excluding carboxylic acids is 2. The molecule has 2 amide bonds. The van der Waals surface area contributed by atoms with Crippen molar-refractivity contribution in [1.82, 2.24) is 20.4 Å². The molecule has 1 unspecified atom stereocenters. The van der Waals surface area contributed by atoms with Gasteiger partial charge in [-0.05, 0) is 44.4 Å². The maximum absolute atomic E-state index is 12.9. The third kappa shape index (κ3) is 3.24. The Kier molecular flexibility index (Phi) is 4.53. The number of amides is 2. The summed E-state index contributed by atoms with van der Waals surface area (Å²) in [5, 5.41) is 7.69. The molecule has 7 nitrogen and oxygen atoms in total. The Morgan fingerprint density at radius 1 is 1.13 bits per heavy atom. The van der Waals surface area contributed by atoms with Crippen LogP contribution in [0, 0.1) is 6.92 Å². The standard InChI is InChI=1S/C23H24N4O3/c1-13-3-5-15(6-4-13)23(29)27-10-9-16(12-27)20-19-17(21(28)24-2)11-18(14-7-8-14)25-22(19)30-26-20/h3-6,11,14,16H,7-10,12H2,1-2H3,(H,24,28). The monoisotopic (exact) mass is 404 g/mol. The Morgan fingerprint density at radius 2 is 1.90 bits per heavy atom. The van der Waals surface area contributed by atoms with Gasteiger partial charge in [-0.15, -0.1) is 0 Å². The summed E-state index contributed by atoms with van der Waals surface area (Å²) in [7, 11) is 1.62. The van der Waals surface area contributed by atoms with Crippen molar-refractivity contribution in [3.8, 4) is 0 Å². The first-order valence-corrected chi connectivity index (χ1v) is 10.4. The lowest BCUT2D eigenvalue weighted by molar-refractivity contribution is 0.0790. The summed E-state index contributed by atoms with van der Waals surface area (Å²) in [5.74, 6) is 0.267. The van der Waals surface area contributed by atoms with E-state index in [1.54, 1.807) is 7.05 Å². The first-order chi connectivity index (χ1) is 14.5. The molecular weight excluding hydrogens is 380 g/mol. The smallest absolute Gasteiger partial charge is 0.259 e. The second-order valence-corrected chi connectivity index (χ2v) is 8.30. The lowest BCUT2D eigenvalue weighted by Gasteiger charge is -2.16. The van der Waals surface area contributed by atoms with E-state index in [1.807, 2.05) is 42.2 Å². The van der Waals surface area contributed by atoms with Crippen molar-refractivity contribution in [2.24, 2.45) is 0 Å². The summed E-state index contributed by atoms with van der Waals surface area (Å²) in [6.07, 6.45) is 2.95. The number of pyridine rings is 1. The number of aromatic nitrogens is 2. The van der Waals surface area contributed by atoms with Crippen molar-refractivity contribution in [3.63, 3.8) is 0 Å². The quantitative estimate of drug-likeness (QED) is 0.720. The molecule has 0 bridgehead atoms. The molecule has 1 N–H and O–H groups in total. The van der Waals surface area contributed by atoms with Gasteiger partial charge in [-0.3, -0.25) is 9.59 Å². The molecule has 3 heterocycles. The van der Waals surface area contributed by atoms with Crippen LogP contribution < -0.4 is 5.32 Å². The van der Waals surface area contributed by atoms with Crippen LogP contribution in [0.3, 0.4) is 0 Å². The van der Waals surface area contributed by atoms with Gasteiger partial charge in [0.25, 0.3) is 17.5 Å². The molecule has 1 saturated carbocycles. The number of benzene rings is 1. The van der Waals surface area contributed by atoms with Gasteiger partial charge in [-0.1, -0.05) is 22.9 Å². The van der Waals surface area contributed by atoms with E-state index in [0.29, 0.717) is 41.2 Å². The molecule has 2 fully saturated rings. The van der Waals surface area contributed by atoms with Crippen molar-refractivity contribution in [3.05, 3.63) is 58.4 Å². The molecule has 0 spiro atoms. The van der Waals surface area contributed by atoms with Crippen molar-refractivity contribution in [1.29, 1.82) is 0 Å². The van der Waals surface area contributed by atoms with Gasteiger partial charge < -0.3 is 14.7 Å². The molecule has 7 heteroatoms. The number of likely N-dealkylation sites (tertiary alicyclic amines) is 1. The molecular formula is C23H24N4O3. The largest absolute Gasteiger partial charge is 0.355 e. The summed E-state index contributed by atoms with van der Waals surface area (Å²) >= 11 is 0. The molecule has 0 radical (unpaired) electrons. The van der Waals surface area contributed by atoms with Crippen molar-refractivity contribution in [2.45, 2.75) is 38.0 Å². The van der Waals surface area contributed by atoms with Gasteiger partial charge in [-0.25, -0.2) is 4.98 Å². The summed E-state index contributed by atoms with van der Waals surface area (Å²) < 4.78 is 5.56. The molecule has 2 aromatic heterocycles. The Labute approximate surface area is 174 Å². The van der Waals surface area contributed by atoms with Crippen LogP contribution in [0.25, 0.3) is 11.1 Å². The van der Waals surface area contributed by atoms with Gasteiger partial charge in [0, 0.05) is 43.2 Å². The number of hydrogen-bond donors (Lipinski definition) is 1.